The summed E-state index contributed by atoms with van der Waals surface area (Å²) in [6.07, 6.45) is 6.68. The number of hydrogen-bond acceptors (Lipinski definition) is 5. The highest BCUT2D eigenvalue weighted by Gasteiger charge is 2.22. The fourth-order valence-electron chi connectivity index (χ4n) is 3.24. The minimum absolute atomic E-state index is 0.184. The highest BCUT2D eigenvalue weighted by molar-refractivity contribution is 5.91. The van der Waals surface area contributed by atoms with Crippen LogP contribution in [0.3, 0.4) is 0 Å². The molecule has 6 nitrogen and oxygen atoms in total. The van der Waals surface area contributed by atoms with Gasteiger partial charge in [-0.05, 0) is 25.8 Å². The van der Waals surface area contributed by atoms with Crippen LogP contribution in [-0.4, -0.2) is 46.5 Å². The van der Waals surface area contributed by atoms with Crippen LogP contribution < -0.4 is 10.1 Å². The summed E-state index contributed by atoms with van der Waals surface area (Å²) in [5, 5.41) is 2.94. The molecule has 1 aromatic carbocycles. The summed E-state index contributed by atoms with van der Waals surface area (Å²) in [6.45, 7) is 7.09. The van der Waals surface area contributed by atoms with Crippen molar-refractivity contribution in [3.05, 3.63) is 53.6 Å². The smallest absolute Gasteiger partial charge is 0.271 e. The number of nitrogens with zero attached hydrogens (tertiary/aromatic N) is 3. The third-order valence-corrected chi connectivity index (χ3v) is 4.73. The summed E-state index contributed by atoms with van der Waals surface area (Å²) in [5.74, 6) is 0.802. The Kier molecular flexibility index (Phi) is 6.76. The summed E-state index contributed by atoms with van der Waals surface area (Å²) < 4.78 is 6.25. The number of amides is 1. The zero-order chi connectivity index (χ0) is 19.1. The van der Waals surface area contributed by atoms with E-state index in [-0.39, 0.29) is 12.0 Å². The van der Waals surface area contributed by atoms with Crippen LogP contribution in [0.2, 0.25) is 0 Å². The lowest BCUT2D eigenvalue weighted by atomic mass is 10.1. The molecule has 0 bridgehead atoms. The van der Waals surface area contributed by atoms with Crippen LogP contribution in [0.4, 0.5) is 0 Å². The lowest BCUT2D eigenvalue weighted by Gasteiger charge is -2.24. The molecular weight excluding hydrogens is 340 g/mol. The Balaban J connectivity index is 1.57. The van der Waals surface area contributed by atoms with E-state index in [2.05, 4.69) is 39.2 Å². The summed E-state index contributed by atoms with van der Waals surface area (Å²) >= 11 is 0. The number of fused-ring (bicyclic) bond motifs is 1. The van der Waals surface area contributed by atoms with Crippen LogP contribution in [0.15, 0.2) is 36.7 Å². The molecule has 3 rings (SSSR count). The minimum Gasteiger partial charge on any atom is -0.489 e. The van der Waals surface area contributed by atoms with E-state index in [0.717, 1.165) is 50.3 Å². The lowest BCUT2D eigenvalue weighted by Crippen LogP contribution is -2.38. The molecule has 0 fully saturated rings. The van der Waals surface area contributed by atoms with Gasteiger partial charge >= 0.3 is 0 Å². The van der Waals surface area contributed by atoms with Crippen LogP contribution in [0.5, 0.6) is 5.75 Å². The maximum absolute atomic E-state index is 12.2. The van der Waals surface area contributed by atoms with Crippen molar-refractivity contribution in [1.29, 1.82) is 0 Å². The maximum Gasteiger partial charge on any atom is 0.271 e. The Labute approximate surface area is 161 Å². The van der Waals surface area contributed by atoms with Gasteiger partial charge in [-0.3, -0.25) is 14.7 Å². The summed E-state index contributed by atoms with van der Waals surface area (Å²) in [6, 6.07) is 8.24. The first kappa shape index (κ1) is 19.3. The van der Waals surface area contributed by atoms with Crippen LogP contribution in [0.25, 0.3) is 0 Å². The van der Waals surface area contributed by atoms with Gasteiger partial charge in [0.2, 0.25) is 0 Å². The number of carbonyl (C=O) groups excluding carboxylic acids is 1. The molecule has 0 saturated heterocycles. The van der Waals surface area contributed by atoms with Crippen LogP contribution in [0.1, 0.15) is 47.9 Å². The molecular formula is C21H28N4O2. The molecule has 1 aliphatic heterocycles. The predicted molar refractivity (Wildman–Crippen MR) is 105 cm³/mol. The zero-order valence-corrected chi connectivity index (χ0v) is 16.1. The van der Waals surface area contributed by atoms with Gasteiger partial charge in [0.1, 0.15) is 17.5 Å². The van der Waals surface area contributed by atoms with E-state index in [1.165, 1.54) is 11.8 Å². The molecule has 1 unspecified atom stereocenters. The van der Waals surface area contributed by atoms with Gasteiger partial charge in [0.25, 0.3) is 5.91 Å². The topological polar surface area (TPSA) is 67.4 Å². The average Bonchev–Trinajstić information content (AvgIpc) is 2.85. The molecule has 27 heavy (non-hydrogen) atoms. The maximum atomic E-state index is 12.2. The van der Waals surface area contributed by atoms with Crippen molar-refractivity contribution in [2.24, 2.45) is 0 Å². The van der Waals surface area contributed by atoms with E-state index in [9.17, 15) is 4.79 Å². The zero-order valence-electron chi connectivity index (χ0n) is 16.1. The Morgan fingerprint density at radius 1 is 1.30 bits per heavy atom. The van der Waals surface area contributed by atoms with E-state index in [4.69, 9.17) is 4.74 Å². The number of benzene rings is 1. The van der Waals surface area contributed by atoms with Gasteiger partial charge in [-0.1, -0.05) is 31.5 Å². The normalized spacial score (nSPS) is 16.9. The standard InChI is InChI=1S/C21H28N4O2/c1-3-4-8-18-15-25(14-17-7-5-6-9-20(17)27-18)11-10-22-21(26)19-13-23-16(2)12-24-19/h5-7,9,12-13,18H,3-4,8,10-11,14-15H2,1-2H3,(H,22,26). The molecule has 144 valence electrons. The van der Waals surface area contributed by atoms with E-state index in [1.54, 1.807) is 6.20 Å². The van der Waals surface area contributed by atoms with Crippen LogP contribution in [-0.2, 0) is 6.54 Å². The number of aromatic nitrogens is 2. The molecule has 6 heteroatoms. The number of rotatable bonds is 7. The van der Waals surface area contributed by atoms with E-state index in [1.807, 2.05) is 19.1 Å². The van der Waals surface area contributed by atoms with Gasteiger partial charge in [-0.15, -0.1) is 0 Å². The summed E-state index contributed by atoms with van der Waals surface area (Å²) in [5.41, 5.74) is 2.35. The highest BCUT2D eigenvalue weighted by atomic mass is 16.5. The number of unbranched alkanes of at least 4 members (excludes halogenated alkanes) is 1. The molecule has 1 amide bonds. The quantitative estimate of drug-likeness (QED) is 0.814. The second-order valence-corrected chi connectivity index (χ2v) is 7.02. The van der Waals surface area contributed by atoms with Crippen molar-refractivity contribution >= 4 is 5.91 Å². The summed E-state index contributed by atoms with van der Waals surface area (Å²) in [4.78, 5) is 22.8. The molecule has 1 atom stereocenters. The Hall–Kier alpha value is -2.47. The fraction of sp³-hybridized carbons (Fsp3) is 0.476. The van der Waals surface area contributed by atoms with Crippen molar-refractivity contribution in [3.8, 4) is 5.75 Å². The first-order chi connectivity index (χ1) is 13.2. The van der Waals surface area contributed by atoms with Crippen LogP contribution >= 0.6 is 0 Å². The second-order valence-electron chi connectivity index (χ2n) is 7.02. The molecule has 1 aromatic heterocycles. The Bertz CT molecular complexity index is 748. The number of ether oxygens (including phenoxy) is 1. The molecule has 0 saturated carbocycles. The molecule has 0 spiro atoms. The van der Waals surface area contributed by atoms with E-state index < -0.39 is 0 Å². The van der Waals surface area contributed by atoms with Gasteiger partial charge in [-0.2, -0.15) is 0 Å². The van der Waals surface area contributed by atoms with Crippen LogP contribution in [0, 0.1) is 6.92 Å². The number of hydrogen-bond donors (Lipinski definition) is 1. The van der Waals surface area contributed by atoms with Crippen molar-refractivity contribution in [2.45, 2.75) is 45.8 Å². The van der Waals surface area contributed by atoms with Gasteiger partial charge in [0.05, 0.1) is 11.9 Å². The molecule has 1 aliphatic rings. The molecule has 1 N–H and O–H groups in total. The number of carbonyl (C=O) groups is 1. The van der Waals surface area contributed by atoms with Gasteiger partial charge < -0.3 is 10.1 Å². The monoisotopic (exact) mass is 368 g/mol. The Morgan fingerprint density at radius 2 is 2.15 bits per heavy atom. The fourth-order valence-corrected chi connectivity index (χ4v) is 3.24. The molecule has 2 heterocycles. The number of para-hydroxylation sites is 1. The average molecular weight is 368 g/mol. The lowest BCUT2D eigenvalue weighted by molar-refractivity contribution is 0.0936. The molecule has 0 radical (unpaired) electrons. The van der Waals surface area contributed by atoms with Crippen molar-refractivity contribution in [3.63, 3.8) is 0 Å². The van der Waals surface area contributed by atoms with E-state index in [0.29, 0.717) is 12.2 Å². The van der Waals surface area contributed by atoms with Crippen molar-refractivity contribution in [2.75, 3.05) is 19.6 Å². The third kappa shape index (κ3) is 5.50. The predicted octanol–water partition coefficient (Wildman–Crippen LogP) is 2.97. The second kappa shape index (κ2) is 9.46. The SMILES string of the molecule is CCCCC1CN(CCNC(=O)c2cnc(C)cn2)Cc2ccccc2O1. The van der Waals surface area contributed by atoms with Crippen molar-refractivity contribution < 1.29 is 9.53 Å². The largest absolute Gasteiger partial charge is 0.489 e. The number of aryl methyl sites for hydroxylation is 1. The van der Waals surface area contributed by atoms with Gasteiger partial charge in [0, 0.05) is 37.9 Å². The first-order valence-electron chi connectivity index (χ1n) is 9.69. The van der Waals surface area contributed by atoms with E-state index >= 15 is 0 Å². The Morgan fingerprint density at radius 3 is 2.93 bits per heavy atom. The van der Waals surface area contributed by atoms with Gasteiger partial charge in [-0.25, -0.2) is 4.98 Å². The van der Waals surface area contributed by atoms with Crippen molar-refractivity contribution in [1.82, 2.24) is 20.2 Å². The third-order valence-electron chi connectivity index (χ3n) is 4.73. The summed E-state index contributed by atoms with van der Waals surface area (Å²) in [7, 11) is 0. The number of nitrogens with one attached hydrogen (secondary N) is 1. The van der Waals surface area contributed by atoms with Gasteiger partial charge in [0.15, 0.2) is 0 Å². The molecule has 0 aliphatic carbocycles. The first-order valence-corrected chi connectivity index (χ1v) is 9.69. The minimum atomic E-state index is -0.184. The highest BCUT2D eigenvalue weighted by Crippen LogP contribution is 2.26. The molecule has 2 aromatic rings.